The van der Waals surface area contributed by atoms with E-state index < -0.39 is 0 Å². The number of rotatable bonds is 4. The van der Waals surface area contributed by atoms with Crippen molar-refractivity contribution in [3.63, 3.8) is 0 Å². The Hall–Kier alpha value is -0.340. The van der Waals surface area contributed by atoms with Gasteiger partial charge >= 0.3 is 0 Å². The van der Waals surface area contributed by atoms with Gasteiger partial charge in [-0.3, -0.25) is 0 Å². The van der Waals surface area contributed by atoms with E-state index in [1.54, 1.807) is 0 Å². The fourth-order valence-electron chi connectivity index (χ4n) is 2.78. The van der Waals surface area contributed by atoms with Crippen LogP contribution in [0, 0.1) is 5.92 Å². The first-order valence-electron chi connectivity index (χ1n) is 6.57. The van der Waals surface area contributed by atoms with Crippen LogP contribution in [0.2, 0.25) is 0 Å². The zero-order chi connectivity index (χ0) is 11.4. The minimum absolute atomic E-state index is 0.511. The van der Waals surface area contributed by atoms with Gasteiger partial charge in [-0.25, -0.2) is 0 Å². The Balaban J connectivity index is 1.84. The molecule has 1 aromatic rings. The molecule has 1 fully saturated rings. The number of nitrogens with one attached hydrogen (secondary N) is 1. The van der Waals surface area contributed by atoms with Gasteiger partial charge < -0.3 is 5.32 Å². The summed E-state index contributed by atoms with van der Waals surface area (Å²) in [6, 6.07) is 5.55. The highest BCUT2D eigenvalue weighted by atomic mass is 32.1. The topological polar surface area (TPSA) is 12.0 Å². The molecule has 0 radical (unpaired) electrons. The van der Waals surface area contributed by atoms with Crippen molar-refractivity contribution >= 4 is 11.3 Å². The van der Waals surface area contributed by atoms with Gasteiger partial charge in [0.05, 0.1) is 0 Å². The molecule has 0 saturated heterocycles. The normalized spacial score (nSPS) is 21.9. The van der Waals surface area contributed by atoms with Crippen molar-refractivity contribution in [2.24, 2.45) is 5.92 Å². The van der Waals surface area contributed by atoms with Gasteiger partial charge in [0.15, 0.2) is 0 Å². The summed E-state index contributed by atoms with van der Waals surface area (Å²) in [4.78, 5) is 1.46. The van der Waals surface area contributed by atoms with Crippen LogP contribution in [-0.4, -0.2) is 6.04 Å². The van der Waals surface area contributed by atoms with Crippen LogP contribution in [0.15, 0.2) is 17.5 Å². The smallest absolute Gasteiger partial charge is 0.0388 e. The van der Waals surface area contributed by atoms with Crippen LogP contribution in [0.4, 0.5) is 0 Å². The first-order chi connectivity index (χ1) is 7.77. The average Bonchev–Trinajstić information content (AvgIpc) is 2.83. The Labute approximate surface area is 103 Å². The third-order valence-electron chi connectivity index (χ3n) is 3.84. The molecule has 2 rings (SSSR count). The predicted octanol–water partition coefficient (Wildman–Crippen LogP) is 4.37. The maximum absolute atomic E-state index is 3.76. The highest BCUT2D eigenvalue weighted by molar-refractivity contribution is 7.10. The highest BCUT2D eigenvalue weighted by Gasteiger charge is 2.21. The lowest BCUT2D eigenvalue weighted by Crippen LogP contribution is -2.36. The molecule has 0 amide bonds. The van der Waals surface area contributed by atoms with Crippen molar-refractivity contribution in [3.8, 4) is 0 Å². The Bertz CT molecular complexity index is 288. The van der Waals surface area contributed by atoms with Crippen LogP contribution < -0.4 is 5.32 Å². The van der Waals surface area contributed by atoms with Crippen molar-refractivity contribution in [3.05, 3.63) is 22.4 Å². The second-order valence-corrected chi connectivity index (χ2v) is 6.07. The molecule has 1 aromatic heterocycles. The number of thiophene rings is 1. The van der Waals surface area contributed by atoms with Crippen molar-refractivity contribution in [1.82, 2.24) is 5.32 Å². The van der Waals surface area contributed by atoms with E-state index in [0.29, 0.717) is 12.1 Å². The Kier molecular flexibility index (Phi) is 4.42. The molecule has 1 N–H and O–H groups in total. The number of hydrogen-bond donors (Lipinski definition) is 1. The standard InChI is InChI=1S/C14H23NS/c1-11(13-7-4-3-5-8-13)15-12(2)14-9-6-10-16-14/h6,9-13,15H,3-5,7-8H2,1-2H3. The molecule has 1 saturated carbocycles. The van der Waals surface area contributed by atoms with Crippen LogP contribution in [0.25, 0.3) is 0 Å². The zero-order valence-corrected chi connectivity index (χ0v) is 11.2. The molecule has 1 aliphatic carbocycles. The van der Waals surface area contributed by atoms with Crippen molar-refractivity contribution in [1.29, 1.82) is 0 Å². The SMILES string of the molecule is CC(NC(C)C1CCCCC1)c1cccs1. The van der Waals surface area contributed by atoms with Gasteiger partial charge in [-0.05, 0) is 44.1 Å². The molecule has 0 bridgehead atoms. The third-order valence-corrected chi connectivity index (χ3v) is 4.89. The summed E-state index contributed by atoms with van der Waals surface area (Å²) in [6.45, 7) is 4.64. The summed E-state index contributed by atoms with van der Waals surface area (Å²) in [5.41, 5.74) is 0. The number of hydrogen-bond acceptors (Lipinski definition) is 2. The van der Waals surface area contributed by atoms with E-state index >= 15 is 0 Å². The van der Waals surface area contributed by atoms with Crippen LogP contribution in [0.1, 0.15) is 56.9 Å². The van der Waals surface area contributed by atoms with Gasteiger partial charge in [-0.2, -0.15) is 0 Å². The lowest BCUT2D eigenvalue weighted by Gasteiger charge is -2.30. The molecule has 2 unspecified atom stereocenters. The molecule has 2 atom stereocenters. The lowest BCUT2D eigenvalue weighted by molar-refractivity contribution is 0.269. The molecular formula is C14H23NS. The molecule has 0 aliphatic heterocycles. The molecule has 2 heteroatoms. The fourth-order valence-corrected chi connectivity index (χ4v) is 3.53. The predicted molar refractivity (Wildman–Crippen MR) is 71.9 cm³/mol. The van der Waals surface area contributed by atoms with E-state index in [-0.39, 0.29) is 0 Å². The van der Waals surface area contributed by atoms with Crippen molar-refractivity contribution in [2.45, 2.75) is 58.0 Å². The lowest BCUT2D eigenvalue weighted by atomic mass is 9.84. The van der Waals surface area contributed by atoms with Crippen LogP contribution >= 0.6 is 11.3 Å². The first-order valence-corrected chi connectivity index (χ1v) is 7.45. The molecule has 0 aromatic carbocycles. The minimum Gasteiger partial charge on any atom is -0.307 e. The Morgan fingerprint density at radius 2 is 2.00 bits per heavy atom. The summed E-state index contributed by atoms with van der Waals surface area (Å²) in [7, 11) is 0. The van der Waals surface area contributed by atoms with Gasteiger partial charge in [-0.1, -0.05) is 25.3 Å². The van der Waals surface area contributed by atoms with Gasteiger partial charge in [0.2, 0.25) is 0 Å². The van der Waals surface area contributed by atoms with Gasteiger partial charge in [0.1, 0.15) is 0 Å². The molecule has 1 aliphatic rings. The van der Waals surface area contributed by atoms with Crippen molar-refractivity contribution < 1.29 is 0 Å². The van der Waals surface area contributed by atoms with Crippen molar-refractivity contribution in [2.75, 3.05) is 0 Å². The molecule has 1 heterocycles. The highest BCUT2D eigenvalue weighted by Crippen LogP contribution is 2.28. The summed E-state index contributed by atoms with van der Waals surface area (Å²) in [5, 5.41) is 5.93. The first kappa shape index (κ1) is 12.1. The Morgan fingerprint density at radius 3 is 2.62 bits per heavy atom. The van der Waals surface area contributed by atoms with Gasteiger partial charge in [-0.15, -0.1) is 11.3 Å². The molecule has 1 nitrogen and oxygen atoms in total. The van der Waals surface area contributed by atoms with Crippen LogP contribution in [0.5, 0.6) is 0 Å². The van der Waals surface area contributed by atoms with E-state index in [9.17, 15) is 0 Å². The van der Waals surface area contributed by atoms with E-state index in [4.69, 9.17) is 0 Å². The summed E-state index contributed by atoms with van der Waals surface area (Å²) in [6.07, 6.45) is 7.16. The summed E-state index contributed by atoms with van der Waals surface area (Å²) < 4.78 is 0. The van der Waals surface area contributed by atoms with Crippen LogP contribution in [0.3, 0.4) is 0 Å². The third kappa shape index (κ3) is 3.08. The van der Waals surface area contributed by atoms with E-state index in [0.717, 1.165) is 5.92 Å². The van der Waals surface area contributed by atoms with Gasteiger partial charge in [0.25, 0.3) is 0 Å². The molecule has 0 spiro atoms. The summed E-state index contributed by atoms with van der Waals surface area (Å²) >= 11 is 1.86. The van der Waals surface area contributed by atoms with E-state index in [2.05, 4.69) is 36.7 Å². The quantitative estimate of drug-likeness (QED) is 0.820. The molecular weight excluding hydrogens is 214 g/mol. The Morgan fingerprint density at radius 1 is 1.25 bits per heavy atom. The second kappa shape index (κ2) is 5.83. The maximum atomic E-state index is 3.76. The van der Waals surface area contributed by atoms with E-state index in [1.807, 2.05) is 11.3 Å². The van der Waals surface area contributed by atoms with Crippen LogP contribution in [-0.2, 0) is 0 Å². The average molecular weight is 237 g/mol. The monoisotopic (exact) mass is 237 g/mol. The largest absolute Gasteiger partial charge is 0.307 e. The zero-order valence-electron chi connectivity index (χ0n) is 10.4. The maximum Gasteiger partial charge on any atom is 0.0388 e. The minimum atomic E-state index is 0.511. The fraction of sp³-hybridized carbons (Fsp3) is 0.714. The second-order valence-electron chi connectivity index (χ2n) is 5.09. The molecule has 90 valence electrons. The van der Waals surface area contributed by atoms with Gasteiger partial charge in [0, 0.05) is 17.0 Å². The van der Waals surface area contributed by atoms with E-state index in [1.165, 1.54) is 37.0 Å². The summed E-state index contributed by atoms with van der Waals surface area (Å²) in [5.74, 6) is 0.899. The molecule has 16 heavy (non-hydrogen) atoms.